The van der Waals surface area contributed by atoms with Crippen LogP contribution in [0.1, 0.15) is 57.3 Å². The van der Waals surface area contributed by atoms with Crippen LogP contribution in [0.5, 0.6) is 0 Å². The lowest BCUT2D eigenvalue weighted by Crippen LogP contribution is -2.51. The maximum atomic E-state index is 13.1. The zero-order valence-corrected chi connectivity index (χ0v) is 17.6. The second-order valence-corrected chi connectivity index (χ2v) is 9.68. The molecule has 152 valence electrons. The standard InChI is InChI=1S/C20H32N2O4S/c1-5-18-15-26-20(4,12-11-16(2)3)22(18)27(24,25)14-13-21-19(23)17-9-7-6-8-10-17/h6-10,16,18H,5,11-15H2,1-4H3,(H,21,23)/t18-,20+/m0/s1. The summed E-state index contributed by atoms with van der Waals surface area (Å²) in [5.41, 5.74) is -0.291. The Bertz CT molecular complexity index is 721. The fourth-order valence-electron chi connectivity index (χ4n) is 3.42. The largest absolute Gasteiger partial charge is 0.358 e. The minimum atomic E-state index is -3.56. The molecule has 1 saturated heterocycles. The number of carbonyl (C=O) groups excluding carboxylic acids is 1. The van der Waals surface area contributed by atoms with E-state index in [2.05, 4.69) is 19.2 Å². The molecule has 7 heteroatoms. The van der Waals surface area contributed by atoms with E-state index in [1.165, 1.54) is 0 Å². The number of ether oxygens (including phenoxy) is 1. The molecule has 1 amide bonds. The Labute approximate surface area is 163 Å². The predicted molar refractivity (Wildman–Crippen MR) is 107 cm³/mol. The highest BCUT2D eigenvalue weighted by molar-refractivity contribution is 7.89. The smallest absolute Gasteiger partial charge is 0.251 e. The van der Waals surface area contributed by atoms with Crippen molar-refractivity contribution in [2.75, 3.05) is 18.9 Å². The van der Waals surface area contributed by atoms with Gasteiger partial charge < -0.3 is 10.1 Å². The number of benzene rings is 1. The Hall–Kier alpha value is -1.44. The molecule has 1 aliphatic rings. The molecule has 1 N–H and O–H groups in total. The molecule has 2 rings (SSSR count). The third-order valence-electron chi connectivity index (χ3n) is 5.02. The molecule has 27 heavy (non-hydrogen) atoms. The van der Waals surface area contributed by atoms with Crippen LogP contribution in [0.3, 0.4) is 0 Å². The van der Waals surface area contributed by atoms with Gasteiger partial charge in [0.15, 0.2) is 0 Å². The second-order valence-electron chi connectivity index (χ2n) is 7.71. The van der Waals surface area contributed by atoms with Gasteiger partial charge in [0.1, 0.15) is 5.72 Å². The molecule has 1 aromatic rings. The highest BCUT2D eigenvalue weighted by atomic mass is 32.2. The Morgan fingerprint density at radius 1 is 1.33 bits per heavy atom. The van der Waals surface area contributed by atoms with Gasteiger partial charge in [-0.2, -0.15) is 4.31 Å². The van der Waals surface area contributed by atoms with E-state index < -0.39 is 15.7 Å². The van der Waals surface area contributed by atoms with Gasteiger partial charge in [0.05, 0.1) is 18.4 Å². The van der Waals surface area contributed by atoms with Crippen LogP contribution in [0, 0.1) is 5.92 Å². The molecule has 0 aliphatic carbocycles. The SMILES string of the molecule is CC[C@H]1CO[C@](C)(CCC(C)C)N1S(=O)(=O)CCNC(=O)c1ccccc1. The summed E-state index contributed by atoms with van der Waals surface area (Å²) < 4.78 is 33.7. The van der Waals surface area contributed by atoms with Crippen LogP contribution in [0.15, 0.2) is 30.3 Å². The van der Waals surface area contributed by atoms with Gasteiger partial charge in [0, 0.05) is 12.1 Å². The van der Waals surface area contributed by atoms with Gasteiger partial charge in [-0.25, -0.2) is 8.42 Å². The monoisotopic (exact) mass is 396 g/mol. The zero-order chi connectivity index (χ0) is 20.1. The van der Waals surface area contributed by atoms with Gasteiger partial charge in [0.2, 0.25) is 10.0 Å². The van der Waals surface area contributed by atoms with Crippen molar-refractivity contribution in [2.24, 2.45) is 5.92 Å². The molecule has 0 aromatic heterocycles. The third-order valence-corrected chi connectivity index (χ3v) is 7.03. The van der Waals surface area contributed by atoms with Crippen LogP contribution in [-0.2, 0) is 14.8 Å². The maximum absolute atomic E-state index is 13.1. The lowest BCUT2D eigenvalue weighted by molar-refractivity contribution is -0.0433. The summed E-state index contributed by atoms with van der Waals surface area (Å²) in [4.78, 5) is 12.1. The van der Waals surface area contributed by atoms with Crippen molar-refractivity contribution in [1.29, 1.82) is 0 Å². The molecule has 0 spiro atoms. The molecule has 1 aromatic carbocycles. The number of nitrogens with one attached hydrogen (secondary N) is 1. The van der Waals surface area contributed by atoms with Crippen molar-refractivity contribution in [3.05, 3.63) is 35.9 Å². The number of hydrogen-bond donors (Lipinski definition) is 1. The van der Waals surface area contributed by atoms with Crippen LogP contribution in [-0.4, -0.2) is 49.3 Å². The van der Waals surface area contributed by atoms with Crippen LogP contribution >= 0.6 is 0 Å². The summed E-state index contributed by atoms with van der Waals surface area (Å²) in [5.74, 6) is 0.0711. The van der Waals surface area contributed by atoms with E-state index >= 15 is 0 Å². The van der Waals surface area contributed by atoms with Crippen molar-refractivity contribution in [2.45, 2.75) is 58.7 Å². The van der Waals surface area contributed by atoms with Crippen molar-refractivity contribution in [3.8, 4) is 0 Å². The molecule has 0 radical (unpaired) electrons. The molecule has 1 aliphatic heterocycles. The van der Waals surface area contributed by atoms with Crippen molar-refractivity contribution >= 4 is 15.9 Å². The Balaban J connectivity index is 2.04. The van der Waals surface area contributed by atoms with Gasteiger partial charge in [-0.15, -0.1) is 0 Å². The zero-order valence-electron chi connectivity index (χ0n) is 16.8. The van der Waals surface area contributed by atoms with E-state index in [-0.39, 0.29) is 24.2 Å². The van der Waals surface area contributed by atoms with Crippen LogP contribution < -0.4 is 5.32 Å². The molecule has 2 atom stereocenters. The molecule has 0 saturated carbocycles. The number of carbonyl (C=O) groups is 1. The summed E-state index contributed by atoms with van der Waals surface area (Å²) >= 11 is 0. The topological polar surface area (TPSA) is 75.7 Å². The van der Waals surface area contributed by atoms with Gasteiger partial charge in [-0.05, 0) is 44.2 Å². The maximum Gasteiger partial charge on any atom is 0.251 e. The van der Waals surface area contributed by atoms with E-state index in [4.69, 9.17) is 4.74 Å². The Kier molecular flexibility index (Phi) is 7.42. The summed E-state index contributed by atoms with van der Waals surface area (Å²) in [6, 6.07) is 8.63. The average Bonchev–Trinajstić information content (AvgIpc) is 2.98. The number of rotatable bonds is 9. The van der Waals surface area contributed by atoms with Gasteiger partial charge >= 0.3 is 0 Å². The van der Waals surface area contributed by atoms with E-state index in [0.717, 1.165) is 6.42 Å². The molecule has 0 unspecified atom stereocenters. The highest BCUT2D eigenvalue weighted by Crippen LogP contribution is 2.36. The first kappa shape index (κ1) is 21.9. The first-order valence-electron chi connectivity index (χ1n) is 9.69. The van der Waals surface area contributed by atoms with Crippen molar-refractivity contribution < 1.29 is 17.9 Å². The number of sulfonamides is 1. The summed E-state index contributed by atoms with van der Waals surface area (Å²) in [6.07, 6.45) is 2.26. The Morgan fingerprint density at radius 2 is 2.00 bits per heavy atom. The van der Waals surface area contributed by atoms with Crippen LogP contribution in [0.4, 0.5) is 0 Å². The number of nitrogens with zero attached hydrogens (tertiary/aromatic N) is 1. The predicted octanol–water partition coefficient (Wildman–Crippen LogP) is 3.01. The number of hydrogen-bond acceptors (Lipinski definition) is 4. The van der Waals surface area contributed by atoms with E-state index in [9.17, 15) is 13.2 Å². The van der Waals surface area contributed by atoms with E-state index in [1.807, 2.05) is 19.9 Å². The molecular formula is C20H32N2O4S. The first-order chi connectivity index (χ1) is 12.7. The minimum Gasteiger partial charge on any atom is -0.358 e. The van der Waals surface area contributed by atoms with E-state index in [0.29, 0.717) is 30.9 Å². The van der Waals surface area contributed by atoms with Crippen LogP contribution in [0.2, 0.25) is 0 Å². The lowest BCUT2D eigenvalue weighted by Gasteiger charge is -2.36. The third kappa shape index (κ3) is 5.53. The fourth-order valence-corrected chi connectivity index (χ4v) is 5.37. The fraction of sp³-hybridized carbons (Fsp3) is 0.650. The van der Waals surface area contributed by atoms with Crippen LogP contribution in [0.25, 0.3) is 0 Å². The summed E-state index contributed by atoms with van der Waals surface area (Å²) in [6.45, 7) is 8.57. The Morgan fingerprint density at radius 3 is 2.59 bits per heavy atom. The molecule has 0 bridgehead atoms. The normalized spacial score (nSPS) is 23.7. The average molecular weight is 397 g/mol. The second kappa shape index (κ2) is 9.17. The van der Waals surface area contributed by atoms with Gasteiger partial charge in [-0.3, -0.25) is 4.79 Å². The molecule has 6 nitrogen and oxygen atoms in total. The van der Waals surface area contributed by atoms with Gasteiger partial charge in [-0.1, -0.05) is 39.0 Å². The number of amides is 1. The molecule has 1 heterocycles. The lowest BCUT2D eigenvalue weighted by atomic mass is 10.0. The molecular weight excluding hydrogens is 364 g/mol. The minimum absolute atomic E-state index is 0.0727. The van der Waals surface area contributed by atoms with Gasteiger partial charge in [0.25, 0.3) is 5.91 Å². The van der Waals surface area contributed by atoms with Crippen molar-refractivity contribution in [3.63, 3.8) is 0 Å². The van der Waals surface area contributed by atoms with Crippen molar-refractivity contribution in [1.82, 2.24) is 9.62 Å². The van der Waals surface area contributed by atoms with E-state index in [1.54, 1.807) is 28.6 Å². The first-order valence-corrected chi connectivity index (χ1v) is 11.3. The highest BCUT2D eigenvalue weighted by Gasteiger charge is 2.49. The molecule has 1 fully saturated rings. The summed E-state index contributed by atoms with van der Waals surface area (Å²) in [5, 5.41) is 2.70. The summed E-state index contributed by atoms with van der Waals surface area (Å²) in [7, 11) is -3.56. The quantitative estimate of drug-likeness (QED) is 0.696.